The molecule has 0 aliphatic rings. The first-order valence-electron chi connectivity index (χ1n) is 11.4. The van der Waals surface area contributed by atoms with E-state index in [1.54, 1.807) is 24.3 Å². The number of hydrogen-bond donors (Lipinski definition) is 2. The molecule has 3 aromatic carbocycles. The number of rotatable bonds is 8. The zero-order valence-corrected chi connectivity index (χ0v) is 19.0. The predicted molar refractivity (Wildman–Crippen MR) is 135 cm³/mol. The van der Waals surface area contributed by atoms with Crippen LogP contribution < -0.4 is 11.2 Å². The van der Waals surface area contributed by atoms with Gasteiger partial charge >= 0.3 is 5.69 Å². The van der Waals surface area contributed by atoms with Crippen molar-refractivity contribution in [1.82, 2.24) is 9.55 Å². The molecular formula is C28H27N3O3. The highest BCUT2D eigenvalue weighted by atomic mass is 16.3. The number of aliphatic imine (C=N–C) groups is 1. The van der Waals surface area contributed by atoms with Gasteiger partial charge in [0.1, 0.15) is 5.56 Å². The summed E-state index contributed by atoms with van der Waals surface area (Å²) < 4.78 is 1.10. The van der Waals surface area contributed by atoms with Crippen LogP contribution in [0.3, 0.4) is 0 Å². The molecule has 0 saturated heterocycles. The van der Waals surface area contributed by atoms with Crippen LogP contribution in [0.2, 0.25) is 0 Å². The number of hydrogen-bond acceptors (Lipinski definition) is 4. The Kier molecular flexibility index (Phi) is 7.18. The molecule has 0 radical (unpaired) electrons. The van der Waals surface area contributed by atoms with Gasteiger partial charge in [0, 0.05) is 12.5 Å². The molecule has 0 aliphatic heterocycles. The van der Waals surface area contributed by atoms with Gasteiger partial charge in [0.2, 0.25) is 5.88 Å². The lowest BCUT2D eigenvalue weighted by molar-refractivity contribution is 0.429. The summed E-state index contributed by atoms with van der Waals surface area (Å²) in [6, 6.07) is 29.2. The average Bonchev–Trinajstić information content (AvgIpc) is 2.87. The minimum Gasteiger partial charge on any atom is -0.493 e. The molecule has 0 spiro atoms. The van der Waals surface area contributed by atoms with E-state index in [9.17, 15) is 14.7 Å². The van der Waals surface area contributed by atoms with E-state index in [-0.39, 0.29) is 11.5 Å². The minimum atomic E-state index is -0.693. The van der Waals surface area contributed by atoms with Crippen LogP contribution in [-0.2, 0) is 0 Å². The number of aromatic hydroxyl groups is 1. The first-order valence-corrected chi connectivity index (χ1v) is 11.4. The number of nitrogens with zero attached hydrogens (tertiary/aromatic N) is 2. The Morgan fingerprint density at radius 1 is 0.882 bits per heavy atom. The maximum atomic E-state index is 12.7. The Morgan fingerprint density at radius 3 is 1.94 bits per heavy atom. The predicted octanol–water partition coefficient (Wildman–Crippen LogP) is 4.65. The van der Waals surface area contributed by atoms with E-state index in [0.717, 1.165) is 11.0 Å². The Balaban J connectivity index is 1.68. The summed E-state index contributed by atoms with van der Waals surface area (Å²) in [6.45, 7) is 2.34. The smallest absolute Gasteiger partial charge is 0.335 e. The van der Waals surface area contributed by atoms with E-state index >= 15 is 0 Å². The van der Waals surface area contributed by atoms with Crippen molar-refractivity contribution in [2.45, 2.75) is 25.7 Å². The summed E-state index contributed by atoms with van der Waals surface area (Å²) in [5.74, 6) is -0.252. The molecule has 6 heteroatoms. The van der Waals surface area contributed by atoms with Crippen LogP contribution in [0.1, 0.15) is 42.4 Å². The molecule has 4 aromatic rings. The Morgan fingerprint density at radius 2 is 1.41 bits per heavy atom. The van der Waals surface area contributed by atoms with E-state index in [1.807, 2.05) is 49.4 Å². The molecule has 4 rings (SSSR count). The van der Waals surface area contributed by atoms with E-state index < -0.39 is 17.1 Å². The first kappa shape index (κ1) is 23.0. The summed E-state index contributed by atoms with van der Waals surface area (Å²) >= 11 is 0. The molecule has 0 aliphatic carbocycles. The van der Waals surface area contributed by atoms with Crippen LogP contribution >= 0.6 is 0 Å². The van der Waals surface area contributed by atoms with Crippen LogP contribution in [-0.4, -0.2) is 26.9 Å². The molecule has 6 nitrogen and oxygen atoms in total. The van der Waals surface area contributed by atoms with E-state index in [4.69, 9.17) is 4.99 Å². The molecule has 0 unspecified atom stereocenters. The van der Waals surface area contributed by atoms with Crippen LogP contribution in [0.15, 0.2) is 106 Å². The van der Waals surface area contributed by atoms with E-state index in [2.05, 4.69) is 29.2 Å². The largest absolute Gasteiger partial charge is 0.493 e. The summed E-state index contributed by atoms with van der Waals surface area (Å²) in [6.07, 6.45) is 1.17. The highest BCUT2D eigenvalue weighted by Crippen LogP contribution is 2.28. The molecule has 1 aromatic heterocycles. The summed E-state index contributed by atoms with van der Waals surface area (Å²) in [7, 11) is 0. The monoisotopic (exact) mass is 453 g/mol. The van der Waals surface area contributed by atoms with Crippen molar-refractivity contribution < 1.29 is 5.11 Å². The van der Waals surface area contributed by atoms with Crippen molar-refractivity contribution in [2.75, 3.05) is 6.54 Å². The molecular weight excluding hydrogens is 426 g/mol. The van der Waals surface area contributed by atoms with Crippen LogP contribution in [0, 0.1) is 0 Å². The molecule has 0 saturated carbocycles. The van der Waals surface area contributed by atoms with Crippen molar-refractivity contribution in [3.63, 3.8) is 0 Å². The SMILES string of the molecule is CCC(=NCCC(c1ccccc1)c1ccccc1)c1c(O)n(-c2ccccc2)c(=O)[nH]c1=O. The second-order valence-corrected chi connectivity index (χ2v) is 7.97. The molecule has 172 valence electrons. The quantitative estimate of drug-likeness (QED) is 0.381. The second kappa shape index (κ2) is 10.6. The lowest BCUT2D eigenvalue weighted by Gasteiger charge is -2.17. The highest BCUT2D eigenvalue weighted by Gasteiger charge is 2.20. The normalized spacial score (nSPS) is 11.6. The lowest BCUT2D eigenvalue weighted by Crippen LogP contribution is -2.33. The fraction of sp³-hybridized carbons (Fsp3) is 0.179. The number of H-pyrrole nitrogens is 1. The number of para-hydroxylation sites is 1. The van der Waals surface area contributed by atoms with Gasteiger partial charge in [-0.1, -0.05) is 85.8 Å². The van der Waals surface area contributed by atoms with E-state index in [1.165, 1.54) is 11.1 Å². The average molecular weight is 454 g/mol. The molecule has 0 amide bonds. The number of aromatic nitrogens is 2. The fourth-order valence-corrected chi connectivity index (χ4v) is 4.19. The molecule has 0 bridgehead atoms. The standard InChI is InChI=1S/C28H27N3O3/c1-2-24(25-26(32)30-28(34)31(27(25)33)22-16-10-5-11-17-22)29-19-18-23(20-12-6-3-7-13-20)21-14-8-4-9-15-21/h3-17,23,33H,2,18-19H2,1H3,(H,30,32,34). The van der Waals surface area contributed by atoms with Crippen LogP contribution in [0.5, 0.6) is 5.88 Å². The number of benzene rings is 3. The summed E-state index contributed by atoms with van der Waals surface area (Å²) in [5.41, 5.74) is 2.01. The van der Waals surface area contributed by atoms with Gasteiger partial charge in [-0.3, -0.25) is 14.8 Å². The molecule has 2 N–H and O–H groups in total. The molecule has 34 heavy (non-hydrogen) atoms. The van der Waals surface area contributed by atoms with Gasteiger partial charge in [-0.2, -0.15) is 0 Å². The third-order valence-electron chi connectivity index (χ3n) is 5.85. The minimum absolute atomic E-state index is 0.0296. The molecule has 0 fully saturated rings. The van der Waals surface area contributed by atoms with Crippen molar-refractivity contribution >= 4 is 5.71 Å². The zero-order chi connectivity index (χ0) is 23.9. The van der Waals surface area contributed by atoms with Crippen molar-refractivity contribution in [2.24, 2.45) is 4.99 Å². The molecule has 0 atom stereocenters. The number of nitrogens with one attached hydrogen (secondary N) is 1. The van der Waals surface area contributed by atoms with Gasteiger partial charge in [-0.15, -0.1) is 0 Å². The number of aromatic amines is 1. The van der Waals surface area contributed by atoms with E-state index in [0.29, 0.717) is 24.4 Å². The lowest BCUT2D eigenvalue weighted by atomic mass is 9.88. The highest BCUT2D eigenvalue weighted by molar-refractivity contribution is 6.02. The molecule has 1 heterocycles. The Hall–Kier alpha value is -4.19. The maximum Gasteiger partial charge on any atom is 0.335 e. The van der Waals surface area contributed by atoms with Gasteiger partial charge in [-0.05, 0) is 36.1 Å². The summed E-state index contributed by atoms with van der Waals surface area (Å²) in [4.78, 5) is 32.2. The van der Waals surface area contributed by atoms with Crippen molar-refractivity contribution in [3.05, 3.63) is 129 Å². The maximum absolute atomic E-state index is 12.7. The van der Waals surface area contributed by atoms with Crippen molar-refractivity contribution in [3.8, 4) is 11.6 Å². The third-order valence-corrected chi connectivity index (χ3v) is 5.85. The Bertz CT molecular complexity index is 1340. The van der Waals surface area contributed by atoms with Gasteiger partial charge in [0.15, 0.2) is 0 Å². The summed E-state index contributed by atoms with van der Waals surface area (Å²) in [5, 5.41) is 10.9. The third kappa shape index (κ3) is 4.91. The van der Waals surface area contributed by atoms with Crippen LogP contribution in [0.4, 0.5) is 0 Å². The second-order valence-electron chi connectivity index (χ2n) is 7.97. The van der Waals surface area contributed by atoms with Gasteiger partial charge in [0.25, 0.3) is 5.56 Å². The Labute approximate surface area is 197 Å². The van der Waals surface area contributed by atoms with Gasteiger partial charge < -0.3 is 5.11 Å². The first-order chi connectivity index (χ1) is 16.6. The topological polar surface area (TPSA) is 87.4 Å². The van der Waals surface area contributed by atoms with Crippen molar-refractivity contribution in [1.29, 1.82) is 0 Å². The van der Waals surface area contributed by atoms with Gasteiger partial charge in [-0.25, -0.2) is 9.36 Å². The zero-order valence-electron chi connectivity index (χ0n) is 19.0. The fourth-order valence-electron chi connectivity index (χ4n) is 4.19. The van der Waals surface area contributed by atoms with Crippen LogP contribution in [0.25, 0.3) is 5.69 Å². The van der Waals surface area contributed by atoms with Gasteiger partial charge in [0.05, 0.1) is 11.4 Å².